The molecular weight excluding hydrogens is 288 g/mol. The maximum atomic E-state index is 11.9. The fraction of sp³-hybridized carbons (Fsp3) is 0.417. The van der Waals surface area contributed by atoms with Crippen LogP contribution in [0.2, 0.25) is 5.02 Å². The highest BCUT2D eigenvalue weighted by Gasteiger charge is 2.22. The molecule has 0 saturated carbocycles. The Kier molecular flexibility index (Phi) is 5.34. The quantitative estimate of drug-likeness (QED) is 0.903. The molecule has 0 fully saturated rings. The van der Waals surface area contributed by atoms with E-state index in [1.54, 1.807) is 12.1 Å². The Labute approximate surface area is 118 Å². The van der Waals surface area contributed by atoms with E-state index in [4.69, 9.17) is 11.6 Å². The van der Waals surface area contributed by atoms with E-state index in [9.17, 15) is 13.2 Å². The molecule has 0 aromatic heterocycles. The van der Waals surface area contributed by atoms with Gasteiger partial charge in [-0.15, -0.1) is 0 Å². The first-order chi connectivity index (χ1) is 8.74. The molecule has 1 rings (SSSR count). The molecule has 1 aromatic carbocycles. The molecule has 0 aliphatic rings. The maximum Gasteiger partial charge on any atom is 0.303 e. The molecule has 1 amide bonds. The van der Waals surface area contributed by atoms with E-state index in [-0.39, 0.29) is 16.5 Å². The molecule has 7 heteroatoms. The van der Waals surface area contributed by atoms with Gasteiger partial charge in [0.2, 0.25) is 0 Å². The smallest absolute Gasteiger partial charge is 0.268 e. The summed E-state index contributed by atoms with van der Waals surface area (Å²) in [6.07, 6.45) is 0. The second kappa shape index (κ2) is 6.36. The first-order valence-corrected chi connectivity index (χ1v) is 7.58. The lowest BCUT2D eigenvalue weighted by Gasteiger charge is -2.19. The summed E-state index contributed by atoms with van der Waals surface area (Å²) < 4.78 is 26.9. The molecule has 0 bridgehead atoms. The summed E-state index contributed by atoms with van der Waals surface area (Å²) in [5.41, 5.74) is 0.130. The molecule has 19 heavy (non-hydrogen) atoms. The van der Waals surface area contributed by atoms with Gasteiger partial charge in [0.25, 0.3) is 5.91 Å². The predicted octanol–water partition coefficient (Wildman–Crippen LogP) is 1.90. The SMILES string of the molecule is CC(C)CN(C)S(=O)(=O)NC(=O)c1ccccc1Cl. The van der Waals surface area contributed by atoms with Crippen LogP contribution in [-0.2, 0) is 10.2 Å². The van der Waals surface area contributed by atoms with Crippen LogP contribution in [-0.4, -0.2) is 32.2 Å². The van der Waals surface area contributed by atoms with Crippen molar-refractivity contribution in [3.8, 4) is 0 Å². The average Bonchev–Trinajstić information content (AvgIpc) is 2.27. The highest BCUT2D eigenvalue weighted by Crippen LogP contribution is 2.15. The number of nitrogens with zero attached hydrogens (tertiary/aromatic N) is 1. The zero-order valence-electron chi connectivity index (χ0n) is 11.1. The van der Waals surface area contributed by atoms with Crippen molar-refractivity contribution in [3.05, 3.63) is 34.9 Å². The second-order valence-electron chi connectivity index (χ2n) is 4.59. The van der Waals surface area contributed by atoms with Gasteiger partial charge in [-0.05, 0) is 18.1 Å². The third kappa shape index (κ3) is 4.49. The van der Waals surface area contributed by atoms with Crippen molar-refractivity contribution in [2.75, 3.05) is 13.6 Å². The predicted molar refractivity (Wildman–Crippen MR) is 75.3 cm³/mol. The van der Waals surface area contributed by atoms with Crippen molar-refractivity contribution in [2.45, 2.75) is 13.8 Å². The topological polar surface area (TPSA) is 66.5 Å². The lowest BCUT2D eigenvalue weighted by Crippen LogP contribution is -2.42. The van der Waals surface area contributed by atoms with Crippen molar-refractivity contribution >= 4 is 27.7 Å². The zero-order valence-corrected chi connectivity index (χ0v) is 12.6. The number of carbonyl (C=O) groups is 1. The first-order valence-electron chi connectivity index (χ1n) is 5.77. The summed E-state index contributed by atoms with van der Waals surface area (Å²) in [5.74, 6) is -0.571. The van der Waals surface area contributed by atoms with E-state index in [1.807, 2.05) is 18.6 Å². The lowest BCUT2D eigenvalue weighted by molar-refractivity contribution is 0.0979. The molecule has 0 saturated heterocycles. The van der Waals surface area contributed by atoms with E-state index < -0.39 is 16.1 Å². The fourth-order valence-electron chi connectivity index (χ4n) is 1.51. The standard InChI is InChI=1S/C12H17ClN2O3S/c1-9(2)8-15(3)19(17,18)14-12(16)10-6-4-5-7-11(10)13/h4-7,9H,8H2,1-3H3,(H,14,16). The third-order valence-electron chi connectivity index (χ3n) is 2.37. The van der Waals surface area contributed by atoms with Crippen LogP contribution in [0.4, 0.5) is 0 Å². The number of nitrogens with one attached hydrogen (secondary N) is 1. The molecule has 5 nitrogen and oxygen atoms in total. The summed E-state index contributed by atoms with van der Waals surface area (Å²) in [4.78, 5) is 11.9. The van der Waals surface area contributed by atoms with Crippen LogP contribution >= 0.6 is 11.6 Å². The Morgan fingerprint density at radius 2 is 1.95 bits per heavy atom. The molecule has 1 N–H and O–H groups in total. The molecule has 0 spiro atoms. The van der Waals surface area contributed by atoms with E-state index >= 15 is 0 Å². The van der Waals surface area contributed by atoms with Crippen molar-refractivity contribution in [1.82, 2.24) is 9.03 Å². The number of amides is 1. The maximum absolute atomic E-state index is 11.9. The molecule has 106 valence electrons. The molecule has 0 aliphatic carbocycles. The molecule has 1 aromatic rings. The van der Waals surface area contributed by atoms with E-state index in [0.29, 0.717) is 6.54 Å². The highest BCUT2D eigenvalue weighted by atomic mass is 35.5. The van der Waals surface area contributed by atoms with Gasteiger partial charge in [-0.3, -0.25) is 4.79 Å². The van der Waals surface area contributed by atoms with Gasteiger partial charge in [0, 0.05) is 13.6 Å². The summed E-state index contributed by atoms with van der Waals surface area (Å²) in [7, 11) is -2.43. The van der Waals surface area contributed by atoms with Gasteiger partial charge in [-0.25, -0.2) is 4.72 Å². The van der Waals surface area contributed by atoms with Crippen LogP contribution in [0.5, 0.6) is 0 Å². The van der Waals surface area contributed by atoms with Crippen molar-refractivity contribution in [3.63, 3.8) is 0 Å². The van der Waals surface area contributed by atoms with Gasteiger partial charge < -0.3 is 0 Å². The van der Waals surface area contributed by atoms with Gasteiger partial charge in [0.1, 0.15) is 0 Å². The van der Waals surface area contributed by atoms with Crippen LogP contribution in [0.25, 0.3) is 0 Å². The number of benzene rings is 1. The zero-order chi connectivity index (χ0) is 14.6. The van der Waals surface area contributed by atoms with Crippen molar-refractivity contribution in [2.24, 2.45) is 5.92 Å². The molecule has 0 heterocycles. The first kappa shape index (κ1) is 15.9. The van der Waals surface area contributed by atoms with Crippen LogP contribution < -0.4 is 4.72 Å². The average molecular weight is 305 g/mol. The molecule has 0 radical (unpaired) electrons. The van der Waals surface area contributed by atoms with E-state index in [0.717, 1.165) is 4.31 Å². The summed E-state index contributed by atoms with van der Waals surface area (Å²) >= 11 is 5.84. The number of rotatable bonds is 5. The summed E-state index contributed by atoms with van der Waals surface area (Å²) in [6.45, 7) is 4.11. The summed E-state index contributed by atoms with van der Waals surface area (Å²) in [6, 6.07) is 6.28. The Hall–Kier alpha value is -1.11. The Morgan fingerprint density at radius 3 is 2.47 bits per heavy atom. The summed E-state index contributed by atoms with van der Waals surface area (Å²) in [5, 5.41) is 0.210. The van der Waals surface area contributed by atoms with Crippen LogP contribution in [0.1, 0.15) is 24.2 Å². The molecular formula is C12H17ClN2O3S. The number of hydrogen-bond acceptors (Lipinski definition) is 3. The highest BCUT2D eigenvalue weighted by molar-refractivity contribution is 7.87. The van der Waals surface area contributed by atoms with Crippen LogP contribution in [0.3, 0.4) is 0 Å². The van der Waals surface area contributed by atoms with E-state index in [1.165, 1.54) is 19.2 Å². The normalized spacial score (nSPS) is 11.9. The van der Waals surface area contributed by atoms with Gasteiger partial charge in [0.05, 0.1) is 10.6 Å². The van der Waals surface area contributed by atoms with Crippen LogP contribution in [0, 0.1) is 5.92 Å². The Balaban J connectivity index is 2.85. The number of halogens is 1. The number of hydrogen-bond donors (Lipinski definition) is 1. The third-order valence-corrected chi connectivity index (χ3v) is 4.12. The Bertz CT molecular complexity index is 558. The van der Waals surface area contributed by atoms with E-state index in [2.05, 4.69) is 0 Å². The number of carbonyl (C=O) groups excluding carboxylic acids is 1. The Morgan fingerprint density at radius 1 is 1.37 bits per heavy atom. The minimum absolute atomic E-state index is 0.130. The minimum atomic E-state index is -3.84. The lowest BCUT2D eigenvalue weighted by atomic mass is 10.2. The largest absolute Gasteiger partial charge is 0.303 e. The van der Waals surface area contributed by atoms with Crippen LogP contribution in [0.15, 0.2) is 24.3 Å². The van der Waals surface area contributed by atoms with Crippen molar-refractivity contribution in [1.29, 1.82) is 0 Å². The van der Waals surface area contributed by atoms with Gasteiger partial charge in [-0.2, -0.15) is 12.7 Å². The van der Waals surface area contributed by atoms with Gasteiger partial charge in [0.15, 0.2) is 0 Å². The molecule has 0 atom stereocenters. The molecule has 0 aliphatic heterocycles. The molecule has 0 unspecified atom stereocenters. The second-order valence-corrected chi connectivity index (χ2v) is 6.78. The monoisotopic (exact) mass is 304 g/mol. The minimum Gasteiger partial charge on any atom is -0.268 e. The van der Waals surface area contributed by atoms with Crippen molar-refractivity contribution < 1.29 is 13.2 Å². The van der Waals surface area contributed by atoms with Gasteiger partial charge in [-0.1, -0.05) is 37.6 Å². The fourth-order valence-corrected chi connectivity index (χ4v) is 2.72. The van der Waals surface area contributed by atoms with Gasteiger partial charge >= 0.3 is 10.2 Å².